The van der Waals surface area contributed by atoms with E-state index in [1.165, 1.54) is 30.9 Å². The summed E-state index contributed by atoms with van der Waals surface area (Å²) in [6.45, 7) is 0.347. The Labute approximate surface area is 169 Å². The molecule has 0 aromatic heterocycles. The van der Waals surface area contributed by atoms with Gasteiger partial charge in [0.2, 0.25) is 5.91 Å². The number of nitro groups is 1. The molecule has 2 rings (SSSR count). The van der Waals surface area contributed by atoms with Crippen LogP contribution in [0.15, 0.2) is 48.5 Å². The number of aryl methyl sites for hydroxylation is 1. The number of methoxy groups -OCH3 is 1. The molecule has 0 aliphatic carbocycles. The van der Waals surface area contributed by atoms with E-state index in [1.807, 2.05) is 30.3 Å². The lowest BCUT2D eigenvalue weighted by atomic mass is 10.1. The fraction of sp³-hybridized carbons (Fsp3) is 0.333. The van der Waals surface area contributed by atoms with E-state index in [-0.39, 0.29) is 36.2 Å². The number of hydrogen-bond donors (Lipinski definition) is 1. The fourth-order valence-corrected chi connectivity index (χ4v) is 2.68. The first kappa shape index (κ1) is 21.9. The van der Waals surface area contributed by atoms with Crippen molar-refractivity contribution in [1.29, 1.82) is 0 Å². The summed E-state index contributed by atoms with van der Waals surface area (Å²) in [6.07, 6.45) is 2.21. The number of rotatable bonds is 11. The maximum absolute atomic E-state index is 12.0. The molecule has 8 nitrogen and oxygen atoms in total. The zero-order valence-electron chi connectivity index (χ0n) is 16.3. The molecule has 0 aliphatic heterocycles. The normalized spacial score (nSPS) is 10.2. The van der Waals surface area contributed by atoms with E-state index in [9.17, 15) is 19.7 Å². The molecule has 0 saturated heterocycles. The van der Waals surface area contributed by atoms with Gasteiger partial charge in [0, 0.05) is 18.9 Å². The van der Waals surface area contributed by atoms with Gasteiger partial charge in [-0.1, -0.05) is 30.3 Å². The third kappa shape index (κ3) is 7.61. The molecule has 2 aromatic carbocycles. The minimum absolute atomic E-state index is 0.124. The summed E-state index contributed by atoms with van der Waals surface area (Å²) in [7, 11) is 1.36. The smallest absolute Gasteiger partial charge is 0.305 e. The molecule has 0 spiro atoms. The lowest BCUT2D eigenvalue weighted by molar-refractivity contribution is -0.384. The molecular formula is C21H24N2O6. The van der Waals surface area contributed by atoms with Crippen molar-refractivity contribution < 1.29 is 24.0 Å². The van der Waals surface area contributed by atoms with Crippen molar-refractivity contribution in [2.75, 3.05) is 19.0 Å². The zero-order chi connectivity index (χ0) is 21.1. The number of non-ortho nitro benzene ring substituents is 1. The predicted molar refractivity (Wildman–Crippen MR) is 108 cm³/mol. The van der Waals surface area contributed by atoms with Crippen molar-refractivity contribution >= 4 is 23.3 Å². The SMILES string of the molecule is COc1cc([N+](=O)[O-])ccc1NC(=O)CCCC(=O)OCCCc1ccccc1. The van der Waals surface area contributed by atoms with E-state index in [0.29, 0.717) is 18.7 Å². The molecular weight excluding hydrogens is 376 g/mol. The van der Waals surface area contributed by atoms with E-state index < -0.39 is 4.92 Å². The standard InChI is InChI=1S/C21H24N2O6/c1-28-19-15-17(23(26)27)12-13-18(19)22-20(24)10-5-11-21(25)29-14-6-9-16-7-3-2-4-8-16/h2-4,7-8,12-13,15H,5-6,9-11,14H2,1H3,(H,22,24). The van der Waals surface area contributed by atoms with Gasteiger partial charge in [-0.15, -0.1) is 0 Å². The summed E-state index contributed by atoms with van der Waals surface area (Å²) in [5.41, 5.74) is 1.41. The van der Waals surface area contributed by atoms with Crippen LogP contribution in [0.1, 0.15) is 31.2 Å². The topological polar surface area (TPSA) is 108 Å². The number of amides is 1. The first-order valence-electron chi connectivity index (χ1n) is 9.31. The summed E-state index contributed by atoms with van der Waals surface area (Å²) in [4.78, 5) is 34.1. The maximum Gasteiger partial charge on any atom is 0.305 e. The second kappa shape index (κ2) is 11.4. The van der Waals surface area contributed by atoms with Crippen LogP contribution in [0.3, 0.4) is 0 Å². The van der Waals surface area contributed by atoms with Crippen LogP contribution in [-0.4, -0.2) is 30.5 Å². The number of ether oxygens (including phenoxy) is 2. The van der Waals surface area contributed by atoms with Crippen LogP contribution in [-0.2, 0) is 20.7 Å². The molecule has 0 heterocycles. The summed E-state index contributed by atoms with van der Waals surface area (Å²) in [5.74, 6) is -0.446. The molecule has 0 saturated carbocycles. The van der Waals surface area contributed by atoms with Gasteiger partial charge in [0.15, 0.2) is 0 Å². The Morgan fingerprint density at radius 2 is 1.83 bits per heavy atom. The quantitative estimate of drug-likeness (QED) is 0.265. The molecule has 0 bridgehead atoms. The number of carbonyl (C=O) groups excluding carboxylic acids is 2. The Balaban J connectivity index is 1.66. The van der Waals surface area contributed by atoms with E-state index in [2.05, 4.69) is 5.32 Å². The van der Waals surface area contributed by atoms with Crippen molar-refractivity contribution in [3.8, 4) is 5.75 Å². The van der Waals surface area contributed by atoms with Crippen LogP contribution in [0, 0.1) is 10.1 Å². The van der Waals surface area contributed by atoms with Crippen LogP contribution in [0.5, 0.6) is 5.75 Å². The number of esters is 1. The number of nitro benzene ring substituents is 1. The number of nitrogens with zero attached hydrogens (tertiary/aromatic N) is 1. The molecule has 1 amide bonds. The molecule has 0 radical (unpaired) electrons. The Kier molecular flexibility index (Phi) is 8.62. The number of anilines is 1. The molecule has 2 aromatic rings. The van der Waals surface area contributed by atoms with Gasteiger partial charge in [0.25, 0.3) is 5.69 Å². The first-order valence-corrected chi connectivity index (χ1v) is 9.31. The van der Waals surface area contributed by atoms with Crippen LogP contribution < -0.4 is 10.1 Å². The highest BCUT2D eigenvalue weighted by molar-refractivity contribution is 5.92. The molecule has 0 unspecified atom stereocenters. The number of nitrogens with one attached hydrogen (secondary N) is 1. The zero-order valence-corrected chi connectivity index (χ0v) is 16.3. The highest BCUT2D eigenvalue weighted by Gasteiger charge is 2.14. The van der Waals surface area contributed by atoms with Crippen molar-refractivity contribution in [2.45, 2.75) is 32.1 Å². The van der Waals surface area contributed by atoms with Crippen LogP contribution in [0.2, 0.25) is 0 Å². The van der Waals surface area contributed by atoms with Crippen molar-refractivity contribution in [3.63, 3.8) is 0 Å². The monoisotopic (exact) mass is 400 g/mol. The van der Waals surface area contributed by atoms with Crippen LogP contribution in [0.25, 0.3) is 0 Å². The lowest BCUT2D eigenvalue weighted by Crippen LogP contribution is -2.13. The van der Waals surface area contributed by atoms with E-state index in [1.54, 1.807) is 0 Å². The maximum atomic E-state index is 12.0. The highest BCUT2D eigenvalue weighted by atomic mass is 16.6. The Bertz CT molecular complexity index is 838. The molecule has 8 heteroatoms. The van der Waals surface area contributed by atoms with E-state index >= 15 is 0 Å². The largest absolute Gasteiger partial charge is 0.494 e. The Morgan fingerprint density at radius 1 is 1.07 bits per heavy atom. The molecule has 1 N–H and O–H groups in total. The van der Waals surface area contributed by atoms with Gasteiger partial charge in [0.05, 0.1) is 30.4 Å². The fourth-order valence-electron chi connectivity index (χ4n) is 2.68. The summed E-state index contributed by atoms with van der Waals surface area (Å²) in [6, 6.07) is 13.9. The first-order chi connectivity index (χ1) is 14.0. The van der Waals surface area contributed by atoms with E-state index in [4.69, 9.17) is 9.47 Å². The Morgan fingerprint density at radius 3 is 2.52 bits per heavy atom. The summed E-state index contributed by atoms with van der Waals surface area (Å²) in [5, 5.41) is 13.4. The van der Waals surface area contributed by atoms with Crippen molar-refractivity contribution in [3.05, 3.63) is 64.2 Å². The Hall–Kier alpha value is -3.42. The van der Waals surface area contributed by atoms with Gasteiger partial charge in [-0.05, 0) is 30.9 Å². The molecule has 154 valence electrons. The van der Waals surface area contributed by atoms with Gasteiger partial charge in [-0.25, -0.2) is 0 Å². The van der Waals surface area contributed by atoms with Gasteiger partial charge in [-0.3, -0.25) is 19.7 Å². The molecule has 0 fully saturated rings. The predicted octanol–water partition coefficient (Wildman–Crippen LogP) is 3.89. The second-order valence-electron chi connectivity index (χ2n) is 6.35. The third-order valence-corrected chi connectivity index (χ3v) is 4.17. The summed E-state index contributed by atoms with van der Waals surface area (Å²) < 4.78 is 10.3. The lowest BCUT2D eigenvalue weighted by Gasteiger charge is -2.10. The number of benzene rings is 2. The number of carbonyl (C=O) groups is 2. The average molecular weight is 400 g/mol. The molecule has 29 heavy (non-hydrogen) atoms. The molecule has 0 aliphatic rings. The second-order valence-corrected chi connectivity index (χ2v) is 6.35. The van der Waals surface area contributed by atoms with Gasteiger partial charge >= 0.3 is 5.97 Å². The minimum Gasteiger partial charge on any atom is -0.494 e. The third-order valence-electron chi connectivity index (χ3n) is 4.17. The van der Waals surface area contributed by atoms with Crippen molar-refractivity contribution in [2.24, 2.45) is 0 Å². The van der Waals surface area contributed by atoms with Gasteiger partial charge in [0.1, 0.15) is 5.75 Å². The van der Waals surface area contributed by atoms with Crippen LogP contribution >= 0.6 is 0 Å². The minimum atomic E-state index is -0.542. The van der Waals surface area contributed by atoms with Crippen molar-refractivity contribution in [1.82, 2.24) is 0 Å². The van der Waals surface area contributed by atoms with Gasteiger partial charge < -0.3 is 14.8 Å². The molecule has 0 atom stereocenters. The number of hydrogen-bond acceptors (Lipinski definition) is 6. The van der Waals surface area contributed by atoms with E-state index in [0.717, 1.165) is 12.8 Å². The highest BCUT2D eigenvalue weighted by Crippen LogP contribution is 2.29. The van der Waals surface area contributed by atoms with Crippen LogP contribution in [0.4, 0.5) is 11.4 Å². The average Bonchev–Trinajstić information content (AvgIpc) is 2.72. The van der Waals surface area contributed by atoms with Gasteiger partial charge in [-0.2, -0.15) is 0 Å². The summed E-state index contributed by atoms with van der Waals surface area (Å²) >= 11 is 0.